The lowest BCUT2D eigenvalue weighted by Crippen LogP contribution is -2.23. The summed E-state index contributed by atoms with van der Waals surface area (Å²) in [5.74, 6) is 0. The number of hydrogen-bond acceptors (Lipinski definition) is 1. The van der Waals surface area contributed by atoms with E-state index in [0.29, 0.717) is 6.42 Å². The van der Waals surface area contributed by atoms with Gasteiger partial charge in [0.15, 0.2) is 0 Å². The monoisotopic (exact) mass is 119 g/mol. The van der Waals surface area contributed by atoms with E-state index in [0.717, 1.165) is 0 Å². The van der Waals surface area contributed by atoms with E-state index in [4.69, 9.17) is 5.11 Å². The molecule has 0 aromatic heterocycles. The van der Waals surface area contributed by atoms with E-state index >= 15 is 0 Å². The molecule has 0 saturated heterocycles. The molecule has 1 atom stereocenters. The zero-order valence-electron chi connectivity index (χ0n) is 5.15. The van der Waals surface area contributed by atoms with Crippen molar-refractivity contribution < 1.29 is 9.50 Å². The Morgan fingerprint density at radius 1 is 1.75 bits per heavy atom. The second-order valence-corrected chi connectivity index (χ2v) is 2.19. The predicted octanol–water partition coefficient (Wildman–Crippen LogP) is 1.32. The van der Waals surface area contributed by atoms with Crippen molar-refractivity contribution in [2.75, 3.05) is 6.67 Å². The van der Waals surface area contributed by atoms with Gasteiger partial charge in [0.2, 0.25) is 0 Å². The highest BCUT2D eigenvalue weighted by Crippen LogP contribution is 2.12. The summed E-state index contributed by atoms with van der Waals surface area (Å²) in [5, 5.41) is 9.02. The molecule has 49 valence electrons. The van der Waals surface area contributed by atoms with Crippen molar-refractivity contribution in [1.29, 1.82) is 0 Å². The molecule has 0 aromatic carbocycles. The van der Waals surface area contributed by atoms with Gasteiger partial charge in [-0.25, -0.2) is 0 Å². The van der Waals surface area contributed by atoms with Crippen LogP contribution in [0.15, 0.2) is 0 Å². The Bertz CT molecular complexity index is 61.5. The smallest absolute Gasteiger partial charge is 0.0921 e. The number of aliphatic hydroxyl groups is 1. The third-order valence-electron chi connectivity index (χ3n) is 1.17. The van der Waals surface area contributed by atoms with Crippen LogP contribution in [0, 0.1) is 6.92 Å². The van der Waals surface area contributed by atoms with E-state index in [1.54, 1.807) is 6.92 Å². The van der Waals surface area contributed by atoms with Gasteiger partial charge in [0.05, 0.1) is 12.3 Å². The molecule has 0 aromatic rings. The Morgan fingerprint density at radius 3 is 2.38 bits per heavy atom. The van der Waals surface area contributed by atoms with E-state index in [9.17, 15) is 4.39 Å². The van der Waals surface area contributed by atoms with Crippen LogP contribution in [0.4, 0.5) is 4.39 Å². The van der Waals surface area contributed by atoms with Crippen LogP contribution in [-0.4, -0.2) is 17.4 Å². The Morgan fingerprint density at radius 2 is 2.25 bits per heavy atom. The van der Waals surface area contributed by atoms with Crippen LogP contribution in [0.3, 0.4) is 0 Å². The van der Waals surface area contributed by atoms with Gasteiger partial charge < -0.3 is 5.11 Å². The summed E-state index contributed by atoms with van der Waals surface area (Å²) in [5.41, 5.74) is -0.894. The fraction of sp³-hybridized carbons (Fsp3) is 0.833. The molecule has 1 nitrogen and oxygen atoms in total. The third-order valence-corrected chi connectivity index (χ3v) is 1.17. The molecule has 2 heteroatoms. The van der Waals surface area contributed by atoms with E-state index in [1.165, 1.54) is 0 Å². The van der Waals surface area contributed by atoms with Gasteiger partial charge in [-0.1, -0.05) is 6.92 Å². The quantitative estimate of drug-likeness (QED) is 0.594. The minimum atomic E-state index is -0.894. The second kappa shape index (κ2) is 3.02. The summed E-state index contributed by atoms with van der Waals surface area (Å²) in [6.45, 7) is 4.57. The Kier molecular flexibility index (Phi) is 2.98. The fourth-order valence-electron chi connectivity index (χ4n) is 0.329. The maximum absolute atomic E-state index is 11.5. The highest BCUT2D eigenvalue weighted by Gasteiger charge is 2.15. The van der Waals surface area contributed by atoms with Crippen molar-refractivity contribution in [2.24, 2.45) is 0 Å². The van der Waals surface area contributed by atoms with Gasteiger partial charge >= 0.3 is 0 Å². The zero-order valence-corrected chi connectivity index (χ0v) is 5.15. The van der Waals surface area contributed by atoms with Crippen molar-refractivity contribution in [2.45, 2.75) is 25.4 Å². The molecule has 0 amide bonds. The van der Waals surface area contributed by atoms with Gasteiger partial charge in [-0.2, -0.15) is 0 Å². The number of alkyl halides is 1. The van der Waals surface area contributed by atoms with Crippen LogP contribution in [0.5, 0.6) is 0 Å². The largest absolute Gasteiger partial charge is 0.390 e. The minimum absolute atomic E-state index is 0.191. The predicted molar refractivity (Wildman–Crippen MR) is 31.2 cm³/mol. The summed E-state index contributed by atoms with van der Waals surface area (Å²) in [6.07, 6.45) is 0.563. The maximum Gasteiger partial charge on any atom is 0.0921 e. The van der Waals surface area contributed by atoms with Crippen molar-refractivity contribution >= 4 is 0 Å². The summed E-state index contributed by atoms with van der Waals surface area (Å²) in [7, 11) is 0. The first-order valence-corrected chi connectivity index (χ1v) is 2.70. The molecule has 8 heavy (non-hydrogen) atoms. The first-order valence-electron chi connectivity index (χ1n) is 2.70. The number of hydrogen-bond donors (Lipinski definition) is 1. The van der Waals surface area contributed by atoms with Crippen molar-refractivity contribution in [1.82, 2.24) is 0 Å². The maximum atomic E-state index is 11.5. The van der Waals surface area contributed by atoms with Crippen molar-refractivity contribution in [3.05, 3.63) is 6.92 Å². The summed E-state index contributed by atoms with van der Waals surface area (Å²) in [6, 6.07) is 0. The first kappa shape index (κ1) is 7.89. The average molecular weight is 119 g/mol. The van der Waals surface area contributed by atoms with E-state index in [1.807, 2.05) is 0 Å². The summed E-state index contributed by atoms with van der Waals surface area (Å²) >= 11 is 0. The van der Waals surface area contributed by atoms with Crippen LogP contribution < -0.4 is 0 Å². The van der Waals surface area contributed by atoms with Gasteiger partial charge in [-0.05, 0) is 13.3 Å². The van der Waals surface area contributed by atoms with Gasteiger partial charge in [0, 0.05) is 6.42 Å². The highest BCUT2D eigenvalue weighted by atomic mass is 19.1. The molecule has 0 bridgehead atoms. The molecule has 1 radical (unpaired) electrons. The first-order chi connectivity index (χ1) is 3.62. The molecule has 0 aliphatic rings. The number of rotatable bonds is 3. The van der Waals surface area contributed by atoms with Crippen LogP contribution in [0.1, 0.15) is 19.8 Å². The van der Waals surface area contributed by atoms with Crippen LogP contribution in [0.25, 0.3) is 0 Å². The normalized spacial score (nSPS) is 18.0. The third kappa shape index (κ3) is 2.97. The molecule has 0 aliphatic carbocycles. The van der Waals surface area contributed by atoms with Crippen molar-refractivity contribution in [3.63, 3.8) is 0 Å². The minimum Gasteiger partial charge on any atom is -0.390 e. The van der Waals surface area contributed by atoms with E-state index in [2.05, 4.69) is 6.92 Å². The lowest BCUT2D eigenvalue weighted by molar-refractivity contribution is 0.0465. The van der Waals surface area contributed by atoms with Gasteiger partial charge in [-0.15, -0.1) is 0 Å². The molecule has 0 aliphatic heterocycles. The SMILES string of the molecule is [CH2]CC(C)(O)CCF. The average Bonchev–Trinajstić information content (AvgIpc) is 1.67. The Hall–Kier alpha value is -0.110. The van der Waals surface area contributed by atoms with Gasteiger partial charge in [-0.3, -0.25) is 4.39 Å². The summed E-state index contributed by atoms with van der Waals surface area (Å²) in [4.78, 5) is 0. The van der Waals surface area contributed by atoms with Crippen molar-refractivity contribution in [3.8, 4) is 0 Å². The molecule has 0 saturated carbocycles. The van der Waals surface area contributed by atoms with Crippen LogP contribution in [0.2, 0.25) is 0 Å². The molecule has 0 fully saturated rings. The zero-order chi connectivity index (χ0) is 6.62. The fourth-order valence-corrected chi connectivity index (χ4v) is 0.329. The van der Waals surface area contributed by atoms with Gasteiger partial charge in [0.1, 0.15) is 0 Å². The molecule has 0 heterocycles. The van der Waals surface area contributed by atoms with E-state index < -0.39 is 12.3 Å². The Balaban J connectivity index is 3.37. The molecule has 1 unspecified atom stereocenters. The molecule has 1 N–H and O–H groups in total. The van der Waals surface area contributed by atoms with Gasteiger partial charge in [0.25, 0.3) is 0 Å². The number of halogens is 1. The standard InChI is InChI=1S/C6H12FO/c1-3-6(2,8)4-5-7/h8H,1,3-5H2,2H3. The summed E-state index contributed by atoms with van der Waals surface area (Å²) < 4.78 is 11.5. The molecule has 0 rings (SSSR count). The molecule has 0 spiro atoms. The van der Waals surface area contributed by atoms with Crippen LogP contribution in [-0.2, 0) is 0 Å². The lowest BCUT2D eigenvalue weighted by Gasteiger charge is -2.18. The lowest BCUT2D eigenvalue weighted by atomic mass is 10.0. The molecular weight excluding hydrogens is 107 g/mol. The topological polar surface area (TPSA) is 20.2 Å². The highest BCUT2D eigenvalue weighted by molar-refractivity contribution is 4.72. The van der Waals surface area contributed by atoms with E-state index in [-0.39, 0.29) is 6.42 Å². The molecular formula is C6H12FO. The second-order valence-electron chi connectivity index (χ2n) is 2.19. The Labute approximate surface area is 49.5 Å². The van der Waals surface area contributed by atoms with Crippen LogP contribution >= 0.6 is 0 Å².